The first kappa shape index (κ1) is 23.4. The van der Waals surface area contributed by atoms with Gasteiger partial charge in [0.05, 0.1) is 37.2 Å². The predicted octanol–water partition coefficient (Wildman–Crippen LogP) is 5.23. The Morgan fingerprint density at radius 1 is 1.06 bits per heavy atom. The third-order valence-corrected chi connectivity index (χ3v) is 6.39. The highest BCUT2D eigenvalue weighted by atomic mass is 32.1. The summed E-state index contributed by atoms with van der Waals surface area (Å²) in [7, 11) is 3.20. The normalized spacial score (nSPS) is 17.1. The van der Waals surface area contributed by atoms with Crippen LogP contribution in [0, 0.1) is 0 Å². The average molecular weight is 502 g/mol. The van der Waals surface area contributed by atoms with Crippen LogP contribution in [0.1, 0.15) is 33.9 Å². The van der Waals surface area contributed by atoms with Gasteiger partial charge >= 0.3 is 5.97 Å². The van der Waals surface area contributed by atoms with Crippen LogP contribution in [0.2, 0.25) is 0 Å². The van der Waals surface area contributed by atoms with Crippen molar-refractivity contribution in [2.24, 2.45) is 0 Å². The standard InChI is InChI=1S/C27H23N3O5S/c1-33-18-10-11-20(23(15-18)34-2)30-25(24(29-27(30)36)19-5-3-4-14-28-19)22-13-12-21(35-22)16-6-8-17(9-7-16)26(31)32/h3-15,24-25H,1-2H3,(H,29,36)(H,31,32)/t24-,25-/m1/s1. The van der Waals surface area contributed by atoms with E-state index in [0.717, 1.165) is 16.9 Å². The summed E-state index contributed by atoms with van der Waals surface area (Å²) in [6.07, 6.45) is 1.74. The number of rotatable bonds is 7. The van der Waals surface area contributed by atoms with E-state index in [2.05, 4.69) is 10.3 Å². The van der Waals surface area contributed by atoms with Crippen molar-refractivity contribution in [1.29, 1.82) is 0 Å². The molecule has 9 heteroatoms. The molecule has 8 nitrogen and oxygen atoms in total. The Hall–Kier alpha value is -4.37. The number of carboxylic acids is 1. The highest BCUT2D eigenvalue weighted by Crippen LogP contribution is 2.46. The number of nitrogens with one attached hydrogen (secondary N) is 1. The Kier molecular flexibility index (Phi) is 6.30. The largest absolute Gasteiger partial charge is 0.497 e. The van der Waals surface area contributed by atoms with Gasteiger partial charge in [0.2, 0.25) is 0 Å². The van der Waals surface area contributed by atoms with Gasteiger partial charge in [-0.15, -0.1) is 0 Å². The maximum atomic E-state index is 11.2. The van der Waals surface area contributed by atoms with E-state index in [1.807, 2.05) is 47.4 Å². The maximum Gasteiger partial charge on any atom is 0.335 e. The summed E-state index contributed by atoms with van der Waals surface area (Å²) in [5, 5.41) is 13.1. The van der Waals surface area contributed by atoms with Gasteiger partial charge in [-0.3, -0.25) is 4.98 Å². The summed E-state index contributed by atoms with van der Waals surface area (Å²) in [4.78, 5) is 17.7. The zero-order chi connectivity index (χ0) is 25.2. The molecule has 0 bridgehead atoms. The number of ether oxygens (including phenoxy) is 2. The predicted molar refractivity (Wildman–Crippen MR) is 139 cm³/mol. The number of pyridine rings is 1. The molecule has 0 saturated carbocycles. The van der Waals surface area contributed by atoms with Gasteiger partial charge in [0, 0.05) is 17.8 Å². The van der Waals surface area contributed by atoms with Crippen LogP contribution < -0.4 is 19.7 Å². The molecular weight excluding hydrogens is 478 g/mol. The number of nitrogens with zero attached hydrogens (tertiary/aromatic N) is 2. The first-order valence-corrected chi connectivity index (χ1v) is 11.6. The molecule has 182 valence electrons. The van der Waals surface area contributed by atoms with Crippen molar-refractivity contribution in [3.8, 4) is 22.8 Å². The molecule has 4 aromatic rings. The molecule has 0 unspecified atom stereocenters. The molecule has 2 aromatic carbocycles. The average Bonchev–Trinajstić information content (AvgIpc) is 3.53. The molecule has 0 amide bonds. The van der Waals surface area contributed by atoms with Gasteiger partial charge < -0.3 is 29.2 Å². The fourth-order valence-electron chi connectivity index (χ4n) is 4.33. The number of aromatic carboxylic acids is 1. The van der Waals surface area contributed by atoms with Crippen molar-refractivity contribution in [3.05, 3.63) is 96.0 Å². The van der Waals surface area contributed by atoms with E-state index in [4.69, 9.17) is 26.1 Å². The van der Waals surface area contributed by atoms with E-state index >= 15 is 0 Å². The number of methoxy groups -OCH3 is 2. The SMILES string of the molecule is COc1ccc(N2C(=S)N[C@H](c3ccccn3)[C@H]2c2ccc(-c3ccc(C(=O)O)cc3)o2)c(OC)c1. The Bertz CT molecular complexity index is 1400. The van der Waals surface area contributed by atoms with Crippen molar-refractivity contribution in [2.75, 3.05) is 19.1 Å². The molecule has 5 rings (SSSR count). The smallest absolute Gasteiger partial charge is 0.335 e. The minimum atomic E-state index is -0.977. The highest BCUT2D eigenvalue weighted by molar-refractivity contribution is 7.80. The van der Waals surface area contributed by atoms with Gasteiger partial charge in [-0.05, 0) is 60.7 Å². The summed E-state index contributed by atoms with van der Waals surface area (Å²) in [5.74, 6) is 1.56. The highest BCUT2D eigenvalue weighted by Gasteiger charge is 2.43. The van der Waals surface area contributed by atoms with Crippen LogP contribution in [-0.4, -0.2) is 35.4 Å². The number of hydrogen-bond acceptors (Lipinski definition) is 6. The van der Waals surface area contributed by atoms with Crippen LogP contribution in [0.3, 0.4) is 0 Å². The van der Waals surface area contributed by atoms with Crippen molar-refractivity contribution in [3.63, 3.8) is 0 Å². The van der Waals surface area contributed by atoms with Crippen molar-refractivity contribution >= 4 is 29.0 Å². The van der Waals surface area contributed by atoms with Crippen LogP contribution in [0.5, 0.6) is 11.5 Å². The minimum Gasteiger partial charge on any atom is -0.497 e. The molecule has 2 atom stereocenters. The second-order valence-electron chi connectivity index (χ2n) is 8.12. The summed E-state index contributed by atoms with van der Waals surface area (Å²) in [6, 6.07) is 20.9. The van der Waals surface area contributed by atoms with E-state index in [1.165, 1.54) is 0 Å². The molecule has 1 aliphatic heterocycles. The van der Waals surface area contributed by atoms with Gasteiger partial charge in [0.15, 0.2) is 5.11 Å². The lowest BCUT2D eigenvalue weighted by Crippen LogP contribution is -2.29. The minimum absolute atomic E-state index is 0.212. The fraction of sp³-hybridized carbons (Fsp3) is 0.148. The van der Waals surface area contributed by atoms with Crippen molar-refractivity contribution < 1.29 is 23.8 Å². The van der Waals surface area contributed by atoms with E-state index in [1.54, 1.807) is 50.7 Å². The second-order valence-corrected chi connectivity index (χ2v) is 8.51. The topological polar surface area (TPSA) is 97.1 Å². The number of carbonyl (C=O) groups is 1. The monoisotopic (exact) mass is 501 g/mol. The Labute approximate surface area is 213 Å². The van der Waals surface area contributed by atoms with Crippen molar-refractivity contribution in [1.82, 2.24) is 10.3 Å². The number of anilines is 1. The van der Waals surface area contributed by atoms with Crippen LogP contribution in [0.4, 0.5) is 5.69 Å². The first-order chi connectivity index (χ1) is 17.5. The van der Waals surface area contributed by atoms with Crippen LogP contribution in [0.25, 0.3) is 11.3 Å². The molecule has 3 heterocycles. The Morgan fingerprint density at radius 3 is 2.53 bits per heavy atom. The number of furan rings is 1. The van der Waals surface area contributed by atoms with Gasteiger partial charge in [0.1, 0.15) is 29.1 Å². The van der Waals surface area contributed by atoms with E-state index < -0.39 is 5.97 Å². The molecular formula is C27H23N3O5S. The number of benzene rings is 2. The maximum absolute atomic E-state index is 11.2. The van der Waals surface area contributed by atoms with Gasteiger partial charge in [-0.2, -0.15) is 0 Å². The number of carboxylic acid groups (broad SMARTS) is 1. The van der Waals surface area contributed by atoms with Gasteiger partial charge in [0.25, 0.3) is 0 Å². The van der Waals surface area contributed by atoms with Gasteiger partial charge in [-0.25, -0.2) is 4.79 Å². The van der Waals surface area contributed by atoms with Crippen LogP contribution in [0.15, 0.2) is 83.4 Å². The molecule has 2 N–H and O–H groups in total. The molecule has 0 aliphatic carbocycles. The third kappa shape index (κ3) is 4.25. The number of hydrogen-bond donors (Lipinski definition) is 2. The fourth-order valence-corrected chi connectivity index (χ4v) is 4.67. The summed E-state index contributed by atoms with van der Waals surface area (Å²) in [6.45, 7) is 0. The summed E-state index contributed by atoms with van der Waals surface area (Å²) < 4.78 is 17.4. The number of thiocarbonyl (C=S) groups is 1. The van der Waals surface area contributed by atoms with E-state index in [9.17, 15) is 9.90 Å². The molecule has 0 radical (unpaired) electrons. The van der Waals surface area contributed by atoms with Crippen LogP contribution >= 0.6 is 12.2 Å². The molecule has 0 spiro atoms. The van der Waals surface area contributed by atoms with Gasteiger partial charge in [-0.1, -0.05) is 18.2 Å². The Morgan fingerprint density at radius 2 is 1.86 bits per heavy atom. The lowest BCUT2D eigenvalue weighted by Gasteiger charge is -2.27. The molecule has 2 aromatic heterocycles. The van der Waals surface area contributed by atoms with E-state index in [-0.39, 0.29) is 17.6 Å². The molecule has 1 fully saturated rings. The molecule has 1 aliphatic rings. The van der Waals surface area contributed by atoms with Crippen LogP contribution in [-0.2, 0) is 0 Å². The quantitative estimate of drug-likeness (QED) is 0.330. The number of aromatic nitrogens is 1. The van der Waals surface area contributed by atoms with Crippen molar-refractivity contribution in [2.45, 2.75) is 12.1 Å². The molecule has 1 saturated heterocycles. The lowest BCUT2D eigenvalue weighted by molar-refractivity contribution is 0.0697. The second kappa shape index (κ2) is 9.71. The Balaban J connectivity index is 1.59. The zero-order valence-corrected chi connectivity index (χ0v) is 20.4. The summed E-state index contributed by atoms with van der Waals surface area (Å²) in [5.41, 5.74) is 2.54. The lowest BCUT2D eigenvalue weighted by atomic mass is 10.0. The molecule has 36 heavy (non-hydrogen) atoms. The summed E-state index contributed by atoms with van der Waals surface area (Å²) >= 11 is 5.79. The zero-order valence-electron chi connectivity index (χ0n) is 19.5. The van der Waals surface area contributed by atoms with E-state index in [0.29, 0.717) is 28.1 Å². The third-order valence-electron chi connectivity index (χ3n) is 6.08. The first-order valence-electron chi connectivity index (χ1n) is 11.2.